The smallest absolute Gasteiger partial charge is 0.271 e. The highest BCUT2D eigenvalue weighted by atomic mass is 35.5. The van der Waals surface area contributed by atoms with E-state index >= 15 is 0 Å². The maximum atomic E-state index is 13.1. The van der Waals surface area contributed by atoms with Crippen LogP contribution in [0.2, 0.25) is 10.0 Å². The summed E-state index contributed by atoms with van der Waals surface area (Å²) in [5, 5.41) is 20.3. The number of ketones is 1. The molecule has 0 unspecified atom stereocenters. The van der Waals surface area contributed by atoms with Crippen LogP contribution < -0.4 is 10.3 Å². The van der Waals surface area contributed by atoms with E-state index in [2.05, 4.69) is 0 Å². The lowest BCUT2D eigenvalue weighted by Gasteiger charge is -2.17. The lowest BCUT2D eigenvalue weighted by molar-refractivity contribution is 0.103. The van der Waals surface area contributed by atoms with Crippen LogP contribution in [-0.2, 0) is 6.54 Å². The normalized spacial score (nSPS) is 10.7. The summed E-state index contributed by atoms with van der Waals surface area (Å²) in [6.07, 6.45) is 0. The maximum absolute atomic E-state index is 13.1. The van der Waals surface area contributed by atoms with E-state index in [4.69, 9.17) is 27.9 Å². The number of pyridine rings is 1. The third-order valence-electron chi connectivity index (χ3n) is 4.04. The minimum absolute atomic E-state index is 0.00989. The molecular weight excluding hydrogens is 391 g/mol. The minimum Gasteiger partial charge on any atom is -0.494 e. The van der Waals surface area contributed by atoms with E-state index < -0.39 is 17.2 Å². The molecule has 0 aliphatic heterocycles. The van der Waals surface area contributed by atoms with Gasteiger partial charge in [-0.25, -0.2) is 0 Å². The first kappa shape index (κ1) is 20.8. The zero-order valence-corrected chi connectivity index (χ0v) is 16.8. The number of hydrogen-bond acceptors (Lipinski definition) is 5. The average molecular weight is 409 g/mol. The second-order valence-electron chi connectivity index (χ2n) is 6.42. The number of halogens is 2. The molecule has 0 bridgehead atoms. The Labute approximate surface area is 166 Å². The van der Waals surface area contributed by atoms with Gasteiger partial charge in [-0.1, -0.05) is 37.0 Å². The Kier molecular flexibility index (Phi) is 6.19. The molecule has 0 fully saturated rings. The van der Waals surface area contributed by atoms with Gasteiger partial charge in [0.15, 0.2) is 11.5 Å². The van der Waals surface area contributed by atoms with Gasteiger partial charge in [0.05, 0.1) is 22.7 Å². The average Bonchev–Trinajstić information content (AvgIpc) is 2.58. The SMILES string of the molecule is COc1c(Cl)cc(C(=O)c2c(C)c(C#N)c(=O)n(CC(C)C)c2O)cc1Cl. The third-order valence-corrected chi connectivity index (χ3v) is 4.60. The molecule has 0 amide bonds. The molecule has 0 radical (unpaired) electrons. The highest BCUT2D eigenvalue weighted by Crippen LogP contribution is 2.35. The van der Waals surface area contributed by atoms with E-state index in [1.165, 1.54) is 26.2 Å². The molecule has 1 aromatic carbocycles. The summed E-state index contributed by atoms with van der Waals surface area (Å²) in [7, 11) is 1.39. The van der Waals surface area contributed by atoms with Crippen LogP contribution in [0, 0.1) is 24.2 Å². The predicted octanol–water partition coefficient (Wildman–Crippen LogP) is 3.94. The van der Waals surface area contributed by atoms with Gasteiger partial charge in [-0.3, -0.25) is 14.2 Å². The van der Waals surface area contributed by atoms with Crippen LogP contribution in [0.1, 0.15) is 40.9 Å². The van der Waals surface area contributed by atoms with Crippen LogP contribution in [0.25, 0.3) is 0 Å². The molecule has 1 heterocycles. The van der Waals surface area contributed by atoms with E-state index in [1.807, 2.05) is 19.9 Å². The summed E-state index contributed by atoms with van der Waals surface area (Å²) in [5.41, 5.74) is -0.758. The Morgan fingerprint density at radius 2 is 1.89 bits per heavy atom. The van der Waals surface area contributed by atoms with Crippen molar-refractivity contribution in [3.8, 4) is 17.7 Å². The van der Waals surface area contributed by atoms with E-state index in [1.54, 1.807) is 0 Å². The number of carbonyl (C=O) groups excluding carboxylic acids is 1. The number of nitrogens with zero attached hydrogens (tertiary/aromatic N) is 2. The van der Waals surface area contributed by atoms with Crippen LogP contribution in [0.5, 0.6) is 11.6 Å². The number of carbonyl (C=O) groups is 1. The Morgan fingerprint density at radius 1 is 1.33 bits per heavy atom. The zero-order valence-electron chi connectivity index (χ0n) is 15.3. The standard InChI is InChI=1S/C19H18Cl2N2O4/c1-9(2)8-23-18(25)12(7-22)10(3)15(19(23)26)16(24)11-5-13(20)17(27-4)14(21)6-11/h5-6,9,26H,8H2,1-4H3. The van der Waals surface area contributed by atoms with Crippen molar-refractivity contribution in [3.05, 3.63) is 54.8 Å². The van der Waals surface area contributed by atoms with Crippen LogP contribution in [0.15, 0.2) is 16.9 Å². The Morgan fingerprint density at radius 3 is 2.33 bits per heavy atom. The number of aromatic nitrogens is 1. The van der Waals surface area contributed by atoms with Gasteiger partial charge in [0, 0.05) is 12.1 Å². The number of ether oxygens (including phenoxy) is 1. The molecule has 0 aliphatic rings. The summed E-state index contributed by atoms with van der Waals surface area (Å²) in [4.78, 5) is 25.6. The van der Waals surface area contributed by atoms with Crippen molar-refractivity contribution in [1.82, 2.24) is 4.57 Å². The van der Waals surface area contributed by atoms with Crippen molar-refractivity contribution in [2.45, 2.75) is 27.3 Å². The molecule has 0 saturated heterocycles. The summed E-state index contributed by atoms with van der Waals surface area (Å²) in [6.45, 7) is 5.30. The van der Waals surface area contributed by atoms with Crippen LogP contribution >= 0.6 is 23.2 Å². The summed E-state index contributed by atoms with van der Waals surface area (Å²) < 4.78 is 6.10. The van der Waals surface area contributed by atoms with E-state index in [0.29, 0.717) is 0 Å². The van der Waals surface area contributed by atoms with Crippen LogP contribution in [0.4, 0.5) is 0 Å². The zero-order chi connectivity index (χ0) is 20.5. The Bertz CT molecular complexity index is 997. The largest absolute Gasteiger partial charge is 0.494 e. The minimum atomic E-state index is -0.636. The lowest BCUT2D eigenvalue weighted by Crippen LogP contribution is -2.28. The molecule has 8 heteroatoms. The number of aromatic hydroxyl groups is 1. The molecule has 0 aliphatic carbocycles. The second-order valence-corrected chi connectivity index (χ2v) is 7.24. The molecule has 27 heavy (non-hydrogen) atoms. The van der Waals surface area contributed by atoms with E-state index in [0.717, 1.165) is 4.57 Å². The van der Waals surface area contributed by atoms with Gasteiger partial charge in [-0.05, 0) is 30.5 Å². The highest BCUT2D eigenvalue weighted by molar-refractivity contribution is 6.38. The molecule has 142 valence electrons. The molecule has 0 spiro atoms. The van der Waals surface area contributed by atoms with Crippen LogP contribution in [-0.4, -0.2) is 22.6 Å². The topological polar surface area (TPSA) is 92.3 Å². The number of nitriles is 1. The van der Waals surface area contributed by atoms with Crippen LogP contribution in [0.3, 0.4) is 0 Å². The van der Waals surface area contributed by atoms with E-state index in [9.17, 15) is 20.0 Å². The van der Waals surface area contributed by atoms with Gasteiger partial charge in [-0.2, -0.15) is 5.26 Å². The molecular formula is C19H18Cl2N2O4. The second kappa shape index (κ2) is 8.03. The van der Waals surface area contributed by atoms with Crippen molar-refractivity contribution in [2.24, 2.45) is 5.92 Å². The predicted molar refractivity (Wildman–Crippen MR) is 103 cm³/mol. The van der Waals surface area contributed by atoms with E-state index in [-0.39, 0.29) is 50.5 Å². The van der Waals surface area contributed by atoms with Gasteiger partial charge in [-0.15, -0.1) is 0 Å². The quantitative estimate of drug-likeness (QED) is 0.756. The fourth-order valence-electron chi connectivity index (χ4n) is 2.79. The number of benzene rings is 1. The maximum Gasteiger partial charge on any atom is 0.271 e. The summed E-state index contributed by atoms with van der Waals surface area (Å²) in [5.74, 6) is -0.863. The van der Waals surface area contributed by atoms with Crippen molar-refractivity contribution in [3.63, 3.8) is 0 Å². The highest BCUT2D eigenvalue weighted by Gasteiger charge is 2.26. The van der Waals surface area contributed by atoms with Crippen molar-refractivity contribution in [1.29, 1.82) is 5.26 Å². The molecule has 6 nitrogen and oxygen atoms in total. The van der Waals surface area contributed by atoms with Crippen molar-refractivity contribution in [2.75, 3.05) is 7.11 Å². The van der Waals surface area contributed by atoms with Gasteiger partial charge in [0.25, 0.3) is 5.56 Å². The number of hydrogen-bond donors (Lipinski definition) is 1. The van der Waals surface area contributed by atoms with Gasteiger partial charge < -0.3 is 9.84 Å². The molecule has 1 N–H and O–H groups in total. The fraction of sp³-hybridized carbons (Fsp3) is 0.316. The van der Waals surface area contributed by atoms with Crippen molar-refractivity contribution < 1.29 is 14.6 Å². The fourth-order valence-corrected chi connectivity index (χ4v) is 3.43. The first-order valence-electron chi connectivity index (χ1n) is 8.08. The van der Waals surface area contributed by atoms with Gasteiger partial charge >= 0.3 is 0 Å². The number of methoxy groups -OCH3 is 1. The molecule has 2 aromatic rings. The molecule has 2 rings (SSSR count). The molecule has 0 saturated carbocycles. The first-order chi connectivity index (χ1) is 12.6. The Balaban J connectivity index is 2.77. The van der Waals surface area contributed by atoms with Gasteiger partial charge in [0.1, 0.15) is 11.6 Å². The molecule has 0 atom stereocenters. The number of rotatable bonds is 5. The molecule has 1 aromatic heterocycles. The van der Waals surface area contributed by atoms with Crippen molar-refractivity contribution >= 4 is 29.0 Å². The van der Waals surface area contributed by atoms with Gasteiger partial charge in [0.2, 0.25) is 5.88 Å². The Hall–Kier alpha value is -2.49. The monoisotopic (exact) mass is 408 g/mol. The third kappa shape index (κ3) is 3.80. The summed E-state index contributed by atoms with van der Waals surface area (Å²) >= 11 is 12.2. The lowest BCUT2D eigenvalue weighted by atomic mass is 9.97. The summed E-state index contributed by atoms with van der Waals surface area (Å²) in [6, 6.07) is 4.54. The first-order valence-corrected chi connectivity index (χ1v) is 8.83.